The van der Waals surface area contributed by atoms with Crippen molar-refractivity contribution in [3.8, 4) is 28.6 Å². The zero-order chi connectivity index (χ0) is 27.3. The van der Waals surface area contributed by atoms with Crippen molar-refractivity contribution in [2.24, 2.45) is 0 Å². The van der Waals surface area contributed by atoms with Crippen LogP contribution in [-0.2, 0) is 4.79 Å². The van der Waals surface area contributed by atoms with Gasteiger partial charge < -0.3 is 25.2 Å². The van der Waals surface area contributed by atoms with Crippen molar-refractivity contribution in [2.45, 2.75) is 13.3 Å². The monoisotopic (exact) mass is 525 g/mol. The second kappa shape index (κ2) is 10.9. The number of nitrogens with zero attached hydrogens (tertiary/aromatic N) is 3. The molecule has 12 heteroatoms. The maximum Gasteiger partial charge on any atom is 0.573 e. The van der Waals surface area contributed by atoms with Gasteiger partial charge in [-0.25, -0.2) is 9.67 Å². The summed E-state index contributed by atoms with van der Waals surface area (Å²) in [6.07, 6.45) is -2.16. The number of methoxy groups -OCH3 is 1. The normalized spacial score (nSPS) is 11.7. The molecule has 3 aromatic carbocycles. The maximum atomic E-state index is 12.3. The van der Waals surface area contributed by atoms with E-state index in [2.05, 4.69) is 25.5 Å². The number of aliphatic hydroxyl groups is 1. The zero-order valence-electron chi connectivity index (χ0n) is 20.2. The van der Waals surface area contributed by atoms with Gasteiger partial charge in [-0.15, -0.1) is 18.3 Å². The van der Waals surface area contributed by atoms with Crippen LogP contribution in [-0.4, -0.2) is 39.3 Å². The molecule has 0 unspecified atom stereocenters. The number of carbonyl (C=O) groups excluding carboxylic acids is 1. The smallest absolute Gasteiger partial charge is 0.502 e. The Morgan fingerprint density at radius 1 is 1.03 bits per heavy atom. The number of nitrogens with one attached hydrogen (secondary N) is 2. The standard InChI is InChI=1S/C26H22F3N5O4/c1-16-13-21(37-2)11-12-22(16)30-14-23(35)25(36)32-18-5-3-17(4-6-18)24-31-15-34(33-24)19-7-9-20(10-8-19)38-26(27,28)29/h3-15,30,35H,1-2H3,(H,32,36)/b23-14-. The third-order valence-corrected chi connectivity index (χ3v) is 5.26. The summed E-state index contributed by atoms with van der Waals surface area (Å²) in [4.78, 5) is 16.6. The minimum Gasteiger partial charge on any atom is -0.502 e. The average Bonchev–Trinajstić information content (AvgIpc) is 3.38. The molecule has 0 aliphatic rings. The fourth-order valence-electron chi connectivity index (χ4n) is 3.35. The zero-order valence-corrected chi connectivity index (χ0v) is 20.2. The number of benzene rings is 3. The van der Waals surface area contributed by atoms with E-state index >= 15 is 0 Å². The summed E-state index contributed by atoms with van der Waals surface area (Å²) < 4.78 is 47.4. The number of rotatable bonds is 8. The molecule has 0 atom stereocenters. The Morgan fingerprint density at radius 3 is 2.34 bits per heavy atom. The third-order valence-electron chi connectivity index (χ3n) is 5.26. The summed E-state index contributed by atoms with van der Waals surface area (Å²) >= 11 is 0. The van der Waals surface area contributed by atoms with E-state index in [4.69, 9.17) is 4.74 Å². The summed E-state index contributed by atoms with van der Waals surface area (Å²) in [5.41, 5.74) is 3.12. The molecule has 196 valence electrons. The van der Waals surface area contributed by atoms with Gasteiger partial charge in [0.1, 0.15) is 17.8 Å². The van der Waals surface area contributed by atoms with E-state index in [0.717, 1.165) is 5.56 Å². The molecule has 1 heterocycles. The fraction of sp³-hybridized carbons (Fsp3) is 0.115. The van der Waals surface area contributed by atoms with Crippen molar-refractivity contribution >= 4 is 17.3 Å². The fourth-order valence-corrected chi connectivity index (χ4v) is 3.35. The molecule has 0 saturated carbocycles. The summed E-state index contributed by atoms with van der Waals surface area (Å²) in [5.74, 6) is -0.516. The number of amides is 1. The van der Waals surface area contributed by atoms with Crippen LogP contribution < -0.4 is 20.1 Å². The SMILES string of the molecule is COc1ccc(N/C=C(\O)C(=O)Nc2ccc(-c3ncn(-c4ccc(OC(F)(F)F)cc4)n3)cc2)c(C)c1. The van der Waals surface area contributed by atoms with E-state index < -0.39 is 18.0 Å². The van der Waals surface area contributed by atoms with Gasteiger partial charge in [0.2, 0.25) is 0 Å². The van der Waals surface area contributed by atoms with Gasteiger partial charge in [-0.05, 0) is 79.2 Å². The predicted molar refractivity (Wildman–Crippen MR) is 134 cm³/mol. The largest absolute Gasteiger partial charge is 0.573 e. The third kappa shape index (κ3) is 6.60. The molecule has 4 rings (SSSR count). The number of halogens is 3. The van der Waals surface area contributed by atoms with Crippen LogP contribution in [0.4, 0.5) is 24.5 Å². The number of carbonyl (C=O) groups is 1. The van der Waals surface area contributed by atoms with Crippen molar-refractivity contribution in [1.82, 2.24) is 14.8 Å². The molecule has 9 nitrogen and oxygen atoms in total. The summed E-state index contributed by atoms with van der Waals surface area (Å²) in [5, 5.41) is 19.9. The van der Waals surface area contributed by atoms with Crippen LogP contribution in [0.2, 0.25) is 0 Å². The molecule has 0 spiro atoms. The van der Waals surface area contributed by atoms with Crippen LogP contribution in [0.15, 0.2) is 85.0 Å². The van der Waals surface area contributed by atoms with E-state index in [0.29, 0.717) is 34.2 Å². The average molecular weight is 525 g/mol. The van der Waals surface area contributed by atoms with Crippen molar-refractivity contribution in [3.05, 3.63) is 90.6 Å². The van der Waals surface area contributed by atoms with Crippen molar-refractivity contribution < 1.29 is 32.5 Å². The minimum atomic E-state index is -4.77. The first-order valence-corrected chi connectivity index (χ1v) is 11.1. The number of anilines is 2. The first-order valence-electron chi connectivity index (χ1n) is 11.1. The summed E-state index contributed by atoms with van der Waals surface area (Å²) in [6.45, 7) is 1.86. The molecule has 1 amide bonds. The lowest BCUT2D eigenvalue weighted by atomic mass is 10.2. The van der Waals surface area contributed by atoms with Crippen LogP contribution in [0.5, 0.6) is 11.5 Å². The quantitative estimate of drug-likeness (QED) is 0.203. The number of hydrogen-bond donors (Lipinski definition) is 3. The number of hydrogen-bond acceptors (Lipinski definition) is 7. The van der Waals surface area contributed by atoms with Gasteiger partial charge >= 0.3 is 6.36 Å². The lowest BCUT2D eigenvalue weighted by molar-refractivity contribution is -0.274. The van der Waals surface area contributed by atoms with Crippen LogP contribution >= 0.6 is 0 Å². The van der Waals surface area contributed by atoms with E-state index in [1.54, 1.807) is 43.5 Å². The van der Waals surface area contributed by atoms with Crippen LogP contribution in [0.3, 0.4) is 0 Å². The molecule has 0 aliphatic carbocycles. The highest BCUT2D eigenvalue weighted by Crippen LogP contribution is 2.25. The molecule has 38 heavy (non-hydrogen) atoms. The van der Waals surface area contributed by atoms with Crippen molar-refractivity contribution in [1.29, 1.82) is 0 Å². The van der Waals surface area contributed by atoms with E-state index in [1.165, 1.54) is 41.5 Å². The van der Waals surface area contributed by atoms with Gasteiger partial charge in [0.15, 0.2) is 11.6 Å². The Labute approximate surface area is 215 Å². The highest BCUT2D eigenvalue weighted by Gasteiger charge is 2.31. The Hall–Kier alpha value is -5.00. The van der Waals surface area contributed by atoms with Gasteiger partial charge in [-0.2, -0.15) is 0 Å². The molecule has 4 aromatic rings. The molecule has 0 radical (unpaired) electrons. The molecule has 3 N–H and O–H groups in total. The van der Waals surface area contributed by atoms with Gasteiger partial charge in [0.25, 0.3) is 5.91 Å². The van der Waals surface area contributed by atoms with Gasteiger partial charge in [0.05, 0.1) is 12.8 Å². The van der Waals surface area contributed by atoms with Gasteiger partial charge in [0, 0.05) is 23.1 Å². The Morgan fingerprint density at radius 2 is 1.71 bits per heavy atom. The Bertz CT molecular complexity index is 1450. The van der Waals surface area contributed by atoms with Crippen LogP contribution in [0.25, 0.3) is 17.1 Å². The van der Waals surface area contributed by atoms with Crippen LogP contribution in [0, 0.1) is 6.92 Å². The molecule has 0 aliphatic heterocycles. The molecule has 1 aromatic heterocycles. The Kier molecular flexibility index (Phi) is 7.51. The lowest BCUT2D eigenvalue weighted by Crippen LogP contribution is -2.17. The summed E-state index contributed by atoms with van der Waals surface area (Å²) in [7, 11) is 1.57. The van der Waals surface area contributed by atoms with Crippen LogP contribution in [0.1, 0.15) is 5.56 Å². The molecule has 0 fully saturated rings. The summed E-state index contributed by atoms with van der Waals surface area (Å²) in [6, 6.07) is 17.1. The molecule has 0 bridgehead atoms. The van der Waals surface area contributed by atoms with E-state index in [9.17, 15) is 23.1 Å². The Balaban J connectivity index is 1.37. The lowest BCUT2D eigenvalue weighted by Gasteiger charge is -2.09. The number of ether oxygens (including phenoxy) is 2. The first-order chi connectivity index (χ1) is 18.1. The highest BCUT2D eigenvalue weighted by atomic mass is 19.4. The molecular weight excluding hydrogens is 503 g/mol. The maximum absolute atomic E-state index is 12.3. The number of aryl methyl sites for hydroxylation is 1. The number of aromatic nitrogens is 3. The minimum absolute atomic E-state index is 0.341. The highest BCUT2D eigenvalue weighted by molar-refractivity contribution is 6.02. The second-order valence-corrected chi connectivity index (χ2v) is 7.94. The van der Waals surface area contributed by atoms with Crippen molar-refractivity contribution in [3.63, 3.8) is 0 Å². The first kappa shape index (κ1) is 26.1. The topological polar surface area (TPSA) is 111 Å². The number of aliphatic hydroxyl groups excluding tert-OH is 1. The van der Waals surface area contributed by atoms with Crippen molar-refractivity contribution in [2.75, 3.05) is 17.7 Å². The van der Waals surface area contributed by atoms with E-state index in [-0.39, 0.29) is 5.75 Å². The predicted octanol–water partition coefficient (Wildman–Crippen LogP) is 5.60. The molecular formula is C26H22F3N5O4. The van der Waals surface area contributed by atoms with E-state index in [1.807, 2.05) is 13.0 Å². The van der Waals surface area contributed by atoms with Gasteiger partial charge in [-0.1, -0.05) is 0 Å². The number of alkyl halides is 3. The van der Waals surface area contributed by atoms with Gasteiger partial charge in [-0.3, -0.25) is 4.79 Å². The molecule has 0 saturated heterocycles. The second-order valence-electron chi connectivity index (χ2n) is 7.94.